The zero-order valence-electron chi connectivity index (χ0n) is 10.8. The summed E-state index contributed by atoms with van der Waals surface area (Å²) in [6, 6.07) is 0. The summed E-state index contributed by atoms with van der Waals surface area (Å²) in [6.07, 6.45) is 4.27. The molecule has 0 saturated heterocycles. The lowest BCUT2D eigenvalue weighted by Gasteiger charge is -1.96. The summed E-state index contributed by atoms with van der Waals surface area (Å²) in [5, 5.41) is 7.37. The Balaban J connectivity index is 2.34. The van der Waals surface area contributed by atoms with Crippen LogP contribution in [-0.2, 0) is 12.2 Å². The Morgan fingerprint density at radius 3 is 2.83 bits per heavy atom. The van der Waals surface area contributed by atoms with Crippen LogP contribution in [0.2, 0.25) is 0 Å². The second-order valence-electron chi connectivity index (χ2n) is 3.85. The molecule has 2 aromatic heterocycles. The molecule has 2 rings (SSSR count). The number of aryl methyl sites for hydroxylation is 1. The van der Waals surface area contributed by atoms with Crippen molar-refractivity contribution in [3.63, 3.8) is 0 Å². The van der Waals surface area contributed by atoms with Crippen molar-refractivity contribution in [2.24, 2.45) is 0 Å². The van der Waals surface area contributed by atoms with Crippen LogP contribution in [0.15, 0.2) is 5.38 Å². The van der Waals surface area contributed by atoms with Crippen LogP contribution < -0.4 is 5.32 Å². The van der Waals surface area contributed by atoms with Crippen molar-refractivity contribution in [2.45, 2.75) is 25.5 Å². The number of nitrogens with one attached hydrogen (secondary N) is 1. The van der Waals surface area contributed by atoms with Gasteiger partial charge in [0.2, 0.25) is 0 Å². The van der Waals surface area contributed by atoms with E-state index >= 15 is 0 Å². The molecule has 0 saturated carbocycles. The van der Waals surface area contributed by atoms with Crippen LogP contribution in [0.5, 0.6) is 0 Å². The molecule has 2 heterocycles. The number of aromatic nitrogens is 2. The highest BCUT2D eigenvalue weighted by molar-refractivity contribution is 7.97. The summed E-state index contributed by atoms with van der Waals surface area (Å²) >= 11 is 5.25. The fourth-order valence-corrected chi connectivity index (χ4v) is 4.19. The van der Waals surface area contributed by atoms with E-state index in [-0.39, 0.29) is 0 Å². The van der Waals surface area contributed by atoms with Crippen molar-refractivity contribution in [1.29, 1.82) is 0 Å². The first kappa shape index (κ1) is 13.8. The Hall–Kier alpha value is -0.590. The molecule has 0 spiro atoms. The molecule has 18 heavy (non-hydrogen) atoms. The SMILES string of the molecule is CCCc1nc(CSC)sc1-c1csc(NC)n1. The van der Waals surface area contributed by atoms with Crippen LogP contribution in [0.3, 0.4) is 0 Å². The Morgan fingerprint density at radius 1 is 1.39 bits per heavy atom. The van der Waals surface area contributed by atoms with Crippen LogP contribution >= 0.6 is 34.4 Å². The van der Waals surface area contributed by atoms with Gasteiger partial charge in [0.1, 0.15) is 5.01 Å². The molecular weight excluding hydrogens is 282 g/mol. The summed E-state index contributed by atoms with van der Waals surface area (Å²) in [4.78, 5) is 10.6. The third kappa shape index (κ3) is 3.05. The van der Waals surface area contributed by atoms with Gasteiger partial charge in [0.25, 0.3) is 0 Å². The van der Waals surface area contributed by atoms with Crippen LogP contribution in [0.4, 0.5) is 5.13 Å². The predicted octanol–water partition coefficient (Wildman–Crippen LogP) is 4.12. The Bertz CT molecular complexity index is 504. The highest BCUT2D eigenvalue weighted by atomic mass is 32.2. The first-order valence-corrected chi connectivity index (χ1v) is 8.98. The summed E-state index contributed by atoms with van der Waals surface area (Å²) in [5.41, 5.74) is 2.28. The summed E-state index contributed by atoms with van der Waals surface area (Å²) in [5.74, 6) is 0.990. The van der Waals surface area contributed by atoms with Crippen LogP contribution in [-0.4, -0.2) is 23.3 Å². The first-order valence-electron chi connectivity index (χ1n) is 5.89. The lowest BCUT2D eigenvalue weighted by Crippen LogP contribution is -1.89. The number of anilines is 1. The van der Waals surface area contributed by atoms with Crippen LogP contribution in [0, 0.1) is 0 Å². The van der Waals surface area contributed by atoms with Gasteiger partial charge < -0.3 is 5.32 Å². The molecule has 0 atom stereocenters. The molecule has 1 N–H and O–H groups in total. The van der Waals surface area contributed by atoms with E-state index in [2.05, 4.69) is 28.9 Å². The number of thiazole rings is 2. The third-order valence-electron chi connectivity index (χ3n) is 2.45. The second-order valence-corrected chi connectivity index (χ2v) is 6.66. The predicted molar refractivity (Wildman–Crippen MR) is 84.0 cm³/mol. The van der Waals surface area contributed by atoms with E-state index in [1.165, 1.54) is 15.6 Å². The average molecular weight is 299 g/mol. The van der Waals surface area contributed by atoms with E-state index in [4.69, 9.17) is 4.98 Å². The van der Waals surface area contributed by atoms with Gasteiger partial charge in [-0.3, -0.25) is 0 Å². The van der Waals surface area contributed by atoms with Gasteiger partial charge in [-0.15, -0.1) is 22.7 Å². The highest BCUT2D eigenvalue weighted by Crippen LogP contribution is 2.34. The van der Waals surface area contributed by atoms with Gasteiger partial charge in [0.05, 0.1) is 16.3 Å². The fourth-order valence-electron chi connectivity index (χ4n) is 1.69. The van der Waals surface area contributed by atoms with Crippen molar-refractivity contribution in [3.8, 4) is 10.6 Å². The molecule has 0 unspecified atom stereocenters. The standard InChI is InChI=1S/C12H17N3S3/c1-4-5-8-11(18-10(14-8)7-16-3)9-6-17-12(13-2)15-9/h6H,4-5,7H2,1-3H3,(H,13,15). The lowest BCUT2D eigenvalue weighted by atomic mass is 10.2. The molecule has 0 bridgehead atoms. The van der Waals surface area contributed by atoms with E-state index in [0.29, 0.717) is 0 Å². The lowest BCUT2D eigenvalue weighted by molar-refractivity contribution is 0.888. The average Bonchev–Trinajstić information content (AvgIpc) is 2.96. The van der Waals surface area contributed by atoms with Gasteiger partial charge in [-0.2, -0.15) is 11.8 Å². The first-order chi connectivity index (χ1) is 8.78. The van der Waals surface area contributed by atoms with Gasteiger partial charge in [0.15, 0.2) is 5.13 Å². The van der Waals surface area contributed by atoms with E-state index < -0.39 is 0 Å². The number of hydrogen-bond acceptors (Lipinski definition) is 6. The smallest absolute Gasteiger partial charge is 0.182 e. The Morgan fingerprint density at radius 2 is 2.22 bits per heavy atom. The van der Waals surface area contributed by atoms with Gasteiger partial charge >= 0.3 is 0 Å². The molecule has 0 aliphatic rings. The van der Waals surface area contributed by atoms with Crippen molar-refractivity contribution >= 4 is 39.6 Å². The van der Waals surface area contributed by atoms with Gasteiger partial charge in [-0.05, 0) is 12.7 Å². The summed E-state index contributed by atoms with van der Waals surface area (Å²) < 4.78 is 0. The van der Waals surface area contributed by atoms with Crippen LogP contribution in [0.25, 0.3) is 10.6 Å². The van der Waals surface area contributed by atoms with Gasteiger partial charge in [-0.1, -0.05) is 13.3 Å². The van der Waals surface area contributed by atoms with Crippen molar-refractivity contribution in [2.75, 3.05) is 18.6 Å². The van der Waals surface area contributed by atoms with Gasteiger partial charge in [0, 0.05) is 18.2 Å². The van der Waals surface area contributed by atoms with Gasteiger partial charge in [-0.25, -0.2) is 9.97 Å². The maximum absolute atomic E-state index is 4.74. The fraction of sp³-hybridized carbons (Fsp3) is 0.500. The molecule has 0 radical (unpaired) electrons. The Kier molecular flexibility index (Phi) is 5.03. The molecule has 0 amide bonds. The third-order valence-corrected chi connectivity index (χ3v) is 5.17. The summed E-state index contributed by atoms with van der Waals surface area (Å²) in [6.45, 7) is 2.19. The minimum atomic E-state index is 0.965. The summed E-state index contributed by atoms with van der Waals surface area (Å²) in [7, 11) is 1.90. The number of thioether (sulfide) groups is 1. The maximum Gasteiger partial charge on any atom is 0.182 e. The molecule has 0 aromatic carbocycles. The normalized spacial score (nSPS) is 10.8. The quantitative estimate of drug-likeness (QED) is 0.870. The van der Waals surface area contributed by atoms with Crippen molar-refractivity contribution < 1.29 is 0 Å². The van der Waals surface area contributed by atoms with Crippen molar-refractivity contribution in [1.82, 2.24) is 9.97 Å². The molecule has 98 valence electrons. The number of rotatable bonds is 6. The minimum Gasteiger partial charge on any atom is -0.365 e. The zero-order valence-corrected chi connectivity index (χ0v) is 13.3. The largest absolute Gasteiger partial charge is 0.365 e. The van der Waals surface area contributed by atoms with Crippen LogP contribution in [0.1, 0.15) is 24.0 Å². The molecule has 6 heteroatoms. The Labute approximate surface area is 120 Å². The van der Waals surface area contributed by atoms with Crippen molar-refractivity contribution in [3.05, 3.63) is 16.1 Å². The second kappa shape index (κ2) is 6.54. The number of hydrogen-bond donors (Lipinski definition) is 1. The monoisotopic (exact) mass is 299 g/mol. The molecule has 0 aliphatic heterocycles. The van der Waals surface area contributed by atoms with E-state index in [9.17, 15) is 0 Å². The molecular formula is C12H17N3S3. The van der Waals surface area contributed by atoms with E-state index in [1.807, 2.05) is 18.8 Å². The molecule has 2 aromatic rings. The molecule has 3 nitrogen and oxygen atoms in total. The highest BCUT2D eigenvalue weighted by Gasteiger charge is 2.14. The zero-order chi connectivity index (χ0) is 13.0. The minimum absolute atomic E-state index is 0.965. The molecule has 0 fully saturated rings. The topological polar surface area (TPSA) is 37.8 Å². The van der Waals surface area contributed by atoms with E-state index in [1.54, 1.807) is 22.7 Å². The van der Waals surface area contributed by atoms with E-state index in [0.717, 1.165) is 29.4 Å². The number of nitrogens with zero attached hydrogens (tertiary/aromatic N) is 2. The maximum atomic E-state index is 4.74. The molecule has 0 aliphatic carbocycles.